The lowest BCUT2D eigenvalue weighted by Gasteiger charge is -2.10. The Balaban J connectivity index is 2.49. The summed E-state index contributed by atoms with van der Waals surface area (Å²) in [5.74, 6) is -1.04. The standard InChI is InChI=1S/C14H10F3NO2/c15-14(16,17)11-5-10(7-18-8-11)12-4-2-1-3-9(12)6-13(19)20/h1-5,7-8H,6H2,(H,19,20). The summed E-state index contributed by atoms with van der Waals surface area (Å²) in [6.45, 7) is 0. The zero-order valence-electron chi connectivity index (χ0n) is 10.2. The minimum absolute atomic E-state index is 0.247. The molecule has 1 aromatic carbocycles. The maximum Gasteiger partial charge on any atom is 0.417 e. The van der Waals surface area contributed by atoms with E-state index in [4.69, 9.17) is 5.11 Å². The van der Waals surface area contributed by atoms with E-state index in [1.165, 1.54) is 6.20 Å². The smallest absolute Gasteiger partial charge is 0.417 e. The molecule has 0 bridgehead atoms. The van der Waals surface area contributed by atoms with E-state index in [9.17, 15) is 18.0 Å². The number of carboxylic acids is 1. The molecule has 2 rings (SSSR count). The molecule has 0 aliphatic heterocycles. The number of carboxylic acid groups (broad SMARTS) is 1. The Morgan fingerprint density at radius 2 is 1.90 bits per heavy atom. The number of benzene rings is 1. The molecule has 0 atom stereocenters. The van der Waals surface area contributed by atoms with Crippen molar-refractivity contribution in [2.45, 2.75) is 12.6 Å². The molecule has 0 radical (unpaired) electrons. The van der Waals surface area contributed by atoms with Crippen molar-refractivity contribution in [3.63, 3.8) is 0 Å². The molecule has 0 aliphatic carbocycles. The normalized spacial score (nSPS) is 11.3. The molecule has 0 saturated carbocycles. The lowest BCUT2D eigenvalue weighted by atomic mass is 9.98. The molecule has 1 aromatic heterocycles. The van der Waals surface area contributed by atoms with Crippen molar-refractivity contribution < 1.29 is 23.1 Å². The monoisotopic (exact) mass is 281 g/mol. The van der Waals surface area contributed by atoms with E-state index in [2.05, 4.69) is 4.98 Å². The second-order valence-electron chi connectivity index (χ2n) is 4.19. The van der Waals surface area contributed by atoms with Gasteiger partial charge >= 0.3 is 12.1 Å². The molecule has 0 fully saturated rings. The van der Waals surface area contributed by atoms with Crippen LogP contribution in [-0.4, -0.2) is 16.1 Å². The number of nitrogens with zero attached hydrogens (tertiary/aromatic N) is 1. The molecule has 0 saturated heterocycles. The van der Waals surface area contributed by atoms with Crippen LogP contribution in [0.1, 0.15) is 11.1 Å². The van der Waals surface area contributed by atoms with E-state index < -0.39 is 17.7 Å². The largest absolute Gasteiger partial charge is 0.481 e. The van der Waals surface area contributed by atoms with E-state index in [-0.39, 0.29) is 12.0 Å². The van der Waals surface area contributed by atoms with Gasteiger partial charge in [-0.2, -0.15) is 13.2 Å². The van der Waals surface area contributed by atoms with Gasteiger partial charge in [-0.05, 0) is 17.2 Å². The summed E-state index contributed by atoms with van der Waals surface area (Å²) < 4.78 is 38.0. The van der Waals surface area contributed by atoms with Crippen molar-refractivity contribution in [1.82, 2.24) is 4.98 Å². The van der Waals surface area contributed by atoms with Crippen LogP contribution in [0.15, 0.2) is 42.7 Å². The molecular weight excluding hydrogens is 271 g/mol. The highest BCUT2D eigenvalue weighted by Gasteiger charge is 2.31. The number of hydrogen-bond acceptors (Lipinski definition) is 2. The maximum atomic E-state index is 12.7. The van der Waals surface area contributed by atoms with Crippen molar-refractivity contribution in [2.24, 2.45) is 0 Å². The number of aromatic nitrogens is 1. The summed E-state index contributed by atoms with van der Waals surface area (Å²) in [5.41, 5.74) is 0.270. The van der Waals surface area contributed by atoms with Gasteiger partial charge in [0.1, 0.15) is 0 Å². The van der Waals surface area contributed by atoms with Gasteiger partial charge in [-0.3, -0.25) is 9.78 Å². The van der Waals surface area contributed by atoms with Gasteiger partial charge < -0.3 is 5.11 Å². The topological polar surface area (TPSA) is 50.2 Å². The van der Waals surface area contributed by atoms with Gasteiger partial charge in [-0.15, -0.1) is 0 Å². The summed E-state index contributed by atoms with van der Waals surface area (Å²) in [5, 5.41) is 8.83. The highest BCUT2D eigenvalue weighted by Crippen LogP contribution is 2.32. The molecule has 6 heteroatoms. The summed E-state index contributed by atoms with van der Waals surface area (Å²) in [4.78, 5) is 14.4. The van der Waals surface area contributed by atoms with Crippen LogP contribution >= 0.6 is 0 Å². The van der Waals surface area contributed by atoms with Crippen molar-refractivity contribution in [3.8, 4) is 11.1 Å². The van der Waals surface area contributed by atoms with Crippen molar-refractivity contribution in [3.05, 3.63) is 53.9 Å². The SMILES string of the molecule is O=C(O)Cc1ccccc1-c1cncc(C(F)(F)F)c1. The molecule has 0 unspecified atom stereocenters. The summed E-state index contributed by atoms with van der Waals surface area (Å²) >= 11 is 0. The van der Waals surface area contributed by atoms with Crippen LogP contribution in [-0.2, 0) is 17.4 Å². The number of pyridine rings is 1. The Kier molecular flexibility index (Phi) is 3.74. The van der Waals surface area contributed by atoms with Gasteiger partial charge in [0.05, 0.1) is 12.0 Å². The zero-order valence-corrected chi connectivity index (χ0v) is 10.2. The first-order valence-electron chi connectivity index (χ1n) is 5.70. The molecule has 0 aliphatic rings. The van der Waals surface area contributed by atoms with Crippen molar-refractivity contribution in [2.75, 3.05) is 0 Å². The van der Waals surface area contributed by atoms with Crippen LogP contribution in [0.5, 0.6) is 0 Å². The van der Waals surface area contributed by atoms with Gasteiger partial charge in [-0.25, -0.2) is 0 Å². The van der Waals surface area contributed by atoms with Crippen LogP contribution in [0.25, 0.3) is 11.1 Å². The second kappa shape index (κ2) is 5.32. The van der Waals surface area contributed by atoms with Gasteiger partial charge in [0.25, 0.3) is 0 Å². The molecule has 1 heterocycles. The first-order valence-corrected chi connectivity index (χ1v) is 5.70. The molecule has 3 nitrogen and oxygen atoms in total. The fourth-order valence-corrected chi connectivity index (χ4v) is 1.86. The van der Waals surface area contributed by atoms with Gasteiger partial charge in [-0.1, -0.05) is 24.3 Å². The number of aliphatic carboxylic acids is 1. The molecule has 104 valence electrons. The predicted molar refractivity (Wildman–Crippen MR) is 66.0 cm³/mol. The van der Waals surface area contributed by atoms with Gasteiger partial charge in [0, 0.05) is 18.0 Å². The quantitative estimate of drug-likeness (QED) is 0.938. The van der Waals surface area contributed by atoms with Crippen molar-refractivity contribution in [1.29, 1.82) is 0 Å². The minimum Gasteiger partial charge on any atom is -0.481 e. The average Bonchev–Trinajstić information content (AvgIpc) is 2.38. The average molecular weight is 281 g/mol. The molecule has 0 amide bonds. The Labute approximate surface area is 112 Å². The zero-order chi connectivity index (χ0) is 14.8. The Bertz CT molecular complexity index is 638. The lowest BCUT2D eigenvalue weighted by Crippen LogP contribution is -2.06. The van der Waals surface area contributed by atoms with Crippen LogP contribution in [0.3, 0.4) is 0 Å². The van der Waals surface area contributed by atoms with Crippen LogP contribution in [0.4, 0.5) is 13.2 Å². The number of carbonyl (C=O) groups is 1. The Hall–Kier alpha value is -2.37. The fraction of sp³-hybridized carbons (Fsp3) is 0.143. The minimum atomic E-state index is -4.48. The molecular formula is C14H10F3NO2. The lowest BCUT2D eigenvalue weighted by molar-refractivity contribution is -0.138. The van der Waals surface area contributed by atoms with Crippen molar-refractivity contribution >= 4 is 5.97 Å². The third-order valence-electron chi connectivity index (χ3n) is 2.74. The number of hydrogen-bond donors (Lipinski definition) is 1. The van der Waals surface area contributed by atoms with Gasteiger partial charge in [0.2, 0.25) is 0 Å². The molecule has 2 aromatic rings. The van der Waals surface area contributed by atoms with Crippen LogP contribution in [0, 0.1) is 0 Å². The van der Waals surface area contributed by atoms with Crippen LogP contribution < -0.4 is 0 Å². The first kappa shape index (κ1) is 14.0. The predicted octanol–water partition coefficient (Wildman–Crippen LogP) is 3.39. The molecule has 1 N–H and O–H groups in total. The van der Waals surface area contributed by atoms with E-state index >= 15 is 0 Å². The Morgan fingerprint density at radius 1 is 1.20 bits per heavy atom. The molecule has 20 heavy (non-hydrogen) atoms. The highest BCUT2D eigenvalue weighted by atomic mass is 19.4. The van der Waals surface area contributed by atoms with E-state index in [1.807, 2.05) is 0 Å². The van der Waals surface area contributed by atoms with Gasteiger partial charge in [0.15, 0.2) is 0 Å². The summed E-state index contributed by atoms with van der Waals surface area (Å²) in [6, 6.07) is 7.40. The van der Waals surface area contributed by atoms with Crippen LogP contribution in [0.2, 0.25) is 0 Å². The number of alkyl halides is 3. The van der Waals surface area contributed by atoms with E-state index in [0.717, 1.165) is 12.3 Å². The maximum absolute atomic E-state index is 12.7. The van der Waals surface area contributed by atoms with E-state index in [0.29, 0.717) is 11.1 Å². The Morgan fingerprint density at radius 3 is 2.55 bits per heavy atom. The summed E-state index contributed by atoms with van der Waals surface area (Å²) in [7, 11) is 0. The number of halogens is 3. The third kappa shape index (κ3) is 3.14. The fourth-order valence-electron chi connectivity index (χ4n) is 1.86. The van der Waals surface area contributed by atoms with E-state index in [1.54, 1.807) is 24.3 Å². The third-order valence-corrected chi connectivity index (χ3v) is 2.74. The number of rotatable bonds is 3. The molecule has 0 spiro atoms. The highest BCUT2D eigenvalue weighted by molar-refractivity contribution is 5.76. The first-order chi connectivity index (χ1) is 9.38. The second-order valence-corrected chi connectivity index (χ2v) is 4.19. The summed E-state index contributed by atoms with van der Waals surface area (Å²) in [6.07, 6.45) is -2.71.